The molecule has 1 amide bonds. The number of hydrogen-bond donors (Lipinski definition) is 1. The fourth-order valence-corrected chi connectivity index (χ4v) is 6.12. The van der Waals surface area contributed by atoms with Crippen molar-refractivity contribution in [1.29, 1.82) is 0 Å². The molecule has 1 saturated carbocycles. The summed E-state index contributed by atoms with van der Waals surface area (Å²) in [6, 6.07) is 8.52. The van der Waals surface area contributed by atoms with Gasteiger partial charge in [0.25, 0.3) is 5.91 Å². The van der Waals surface area contributed by atoms with E-state index in [1.165, 1.54) is 28.3 Å². The molecule has 2 saturated heterocycles. The Morgan fingerprint density at radius 2 is 1.97 bits per heavy atom. The smallest absolute Gasteiger partial charge is 0.275 e. The van der Waals surface area contributed by atoms with Crippen molar-refractivity contribution in [2.45, 2.75) is 38.8 Å². The van der Waals surface area contributed by atoms with Crippen LogP contribution in [-0.2, 0) is 0 Å². The van der Waals surface area contributed by atoms with Crippen LogP contribution in [0.1, 0.15) is 35.9 Å². The molecule has 7 rings (SSSR count). The Kier molecular flexibility index (Phi) is 5.05. The van der Waals surface area contributed by atoms with Gasteiger partial charge >= 0.3 is 0 Å². The number of pyridine rings is 1. The second kappa shape index (κ2) is 8.12. The number of amides is 1. The van der Waals surface area contributed by atoms with E-state index in [4.69, 9.17) is 0 Å². The van der Waals surface area contributed by atoms with Gasteiger partial charge in [-0.15, -0.1) is 4.80 Å². The van der Waals surface area contributed by atoms with Crippen LogP contribution in [0.15, 0.2) is 42.7 Å². The van der Waals surface area contributed by atoms with Crippen LogP contribution in [0.5, 0.6) is 0 Å². The van der Waals surface area contributed by atoms with Gasteiger partial charge in [0.1, 0.15) is 11.5 Å². The molecule has 10 heteroatoms. The number of aromatic nitrogens is 5. The van der Waals surface area contributed by atoms with Crippen LogP contribution < -0.4 is 5.32 Å². The Morgan fingerprint density at radius 3 is 2.76 bits per heavy atom. The lowest BCUT2D eigenvalue weighted by atomic mass is 9.64. The number of piperidine rings is 2. The van der Waals surface area contributed by atoms with Gasteiger partial charge in [0.2, 0.25) is 0 Å². The molecular formula is C24H24FN7OS. The Balaban J connectivity index is 1.30. The van der Waals surface area contributed by atoms with Gasteiger partial charge in [0, 0.05) is 18.3 Å². The molecule has 0 spiro atoms. The summed E-state index contributed by atoms with van der Waals surface area (Å²) < 4.78 is 14.4. The Labute approximate surface area is 199 Å². The standard InChI is InChI=1S/C24H24FN7OS/c1-13-3-6-19(32-27-7-8-28-32)22(29-13)23(33)31-17-9-15(10-17)14(2)20(31)12-26-24-30-18-5-4-16(25)11-21(18)34-24/h3-8,11,14-15,17,20H,9-10,12H2,1-2H3,(H,26,30)/t14-,15?,17?,20-/m1/s1. The zero-order chi connectivity index (χ0) is 23.4. The van der Waals surface area contributed by atoms with Crippen molar-refractivity contribution in [3.8, 4) is 5.69 Å². The van der Waals surface area contributed by atoms with Crippen molar-refractivity contribution in [2.75, 3.05) is 11.9 Å². The number of halogens is 1. The number of hydrogen-bond acceptors (Lipinski definition) is 7. The number of nitrogens with one attached hydrogen (secondary N) is 1. The number of anilines is 1. The van der Waals surface area contributed by atoms with E-state index in [-0.39, 0.29) is 23.8 Å². The minimum Gasteiger partial charge on any atom is -0.359 e. The van der Waals surface area contributed by atoms with E-state index in [0.717, 1.165) is 33.9 Å². The van der Waals surface area contributed by atoms with Gasteiger partial charge in [-0.1, -0.05) is 18.3 Å². The zero-order valence-electron chi connectivity index (χ0n) is 18.8. The molecular weight excluding hydrogens is 453 g/mol. The van der Waals surface area contributed by atoms with Gasteiger partial charge in [0.05, 0.1) is 28.7 Å². The fraction of sp³-hybridized carbons (Fsp3) is 0.375. The molecule has 1 aromatic carbocycles. The van der Waals surface area contributed by atoms with Crippen molar-refractivity contribution < 1.29 is 9.18 Å². The fourth-order valence-electron chi connectivity index (χ4n) is 5.22. The highest BCUT2D eigenvalue weighted by molar-refractivity contribution is 7.22. The van der Waals surface area contributed by atoms with Gasteiger partial charge < -0.3 is 10.2 Å². The average Bonchev–Trinajstić information content (AvgIpc) is 3.46. The molecule has 1 aliphatic carbocycles. The topological polar surface area (TPSA) is 88.8 Å². The van der Waals surface area contributed by atoms with Gasteiger partial charge in [-0.3, -0.25) is 4.79 Å². The van der Waals surface area contributed by atoms with Gasteiger partial charge in [0.15, 0.2) is 10.8 Å². The largest absolute Gasteiger partial charge is 0.359 e. The van der Waals surface area contributed by atoms with Gasteiger partial charge in [-0.05, 0) is 61.9 Å². The van der Waals surface area contributed by atoms with E-state index in [2.05, 4.69) is 32.4 Å². The van der Waals surface area contributed by atoms with Crippen molar-refractivity contribution in [3.63, 3.8) is 0 Å². The Morgan fingerprint density at radius 1 is 1.18 bits per heavy atom. The lowest BCUT2D eigenvalue weighted by molar-refractivity contribution is -0.0505. The summed E-state index contributed by atoms with van der Waals surface area (Å²) in [5.74, 6) is 0.588. The van der Waals surface area contributed by atoms with Crippen LogP contribution in [0.3, 0.4) is 0 Å². The third kappa shape index (κ3) is 3.53. The second-order valence-corrected chi connectivity index (χ2v) is 10.2. The molecule has 174 valence electrons. The lowest BCUT2D eigenvalue weighted by Gasteiger charge is -2.57. The maximum absolute atomic E-state index is 14.0. The molecule has 0 radical (unpaired) electrons. The minimum atomic E-state index is -0.270. The molecule has 3 fully saturated rings. The molecule has 4 aromatic rings. The summed E-state index contributed by atoms with van der Waals surface area (Å²) in [4.78, 5) is 26.6. The number of thiazole rings is 1. The quantitative estimate of drug-likeness (QED) is 0.466. The number of carbonyl (C=O) groups is 1. The SMILES string of the molecule is Cc1ccc(-n2nccn2)c(C(=O)N2C3CC(C3)[C@@H](C)[C@H]2CNc2nc3ccc(F)cc3s2)n1. The number of aryl methyl sites for hydroxylation is 1. The molecule has 3 aliphatic rings. The molecule has 1 N–H and O–H groups in total. The van der Waals surface area contributed by atoms with E-state index < -0.39 is 0 Å². The maximum Gasteiger partial charge on any atom is 0.275 e. The molecule has 2 aliphatic heterocycles. The first-order valence-electron chi connectivity index (χ1n) is 11.4. The van der Waals surface area contributed by atoms with Gasteiger partial charge in [-0.2, -0.15) is 10.2 Å². The summed E-state index contributed by atoms with van der Waals surface area (Å²) >= 11 is 1.42. The van der Waals surface area contributed by atoms with Gasteiger partial charge in [-0.25, -0.2) is 14.4 Å². The van der Waals surface area contributed by atoms with E-state index in [0.29, 0.717) is 29.8 Å². The van der Waals surface area contributed by atoms with Crippen LogP contribution in [0, 0.1) is 24.6 Å². The zero-order valence-corrected chi connectivity index (χ0v) is 19.7. The number of carbonyl (C=O) groups excluding carboxylic acids is 1. The highest BCUT2D eigenvalue weighted by Crippen LogP contribution is 2.47. The van der Waals surface area contributed by atoms with E-state index in [9.17, 15) is 9.18 Å². The highest BCUT2D eigenvalue weighted by atomic mass is 32.1. The number of benzene rings is 1. The normalized spacial score (nSPS) is 23.7. The molecule has 3 aromatic heterocycles. The van der Waals surface area contributed by atoms with Crippen molar-refractivity contribution in [1.82, 2.24) is 29.9 Å². The average molecular weight is 478 g/mol. The first-order chi connectivity index (χ1) is 16.5. The molecule has 0 unspecified atom stereocenters. The summed E-state index contributed by atoms with van der Waals surface area (Å²) in [7, 11) is 0. The third-order valence-corrected chi connectivity index (χ3v) is 8.12. The van der Waals surface area contributed by atoms with E-state index in [1.807, 2.05) is 24.0 Å². The van der Waals surface area contributed by atoms with E-state index in [1.54, 1.807) is 18.5 Å². The molecule has 5 heterocycles. The van der Waals surface area contributed by atoms with Crippen molar-refractivity contribution >= 4 is 32.6 Å². The van der Waals surface area contributed by atoms with Crippen LogP contribution >= 0.6 is 11.3 Å². The number of nitrogens with zero attached hydrogens (tertiary/aromatic N) is 6. The van der Waals surface area contributed by atoms with Crippen molar-refractivity contribution in [2.24, 2.45) is 11.8 Å². The summed E-state index contributed by atoms with van der Waals surface area (Å²) in [5, 5.41) is 12.6. The monoisotopic (exact) mass is 477 g/mol. The first-order valence-corrected chi connectivity index (χ1v) is 12.3. The minimum absolute atomic E-state index is 0.00510. The highest BCUT2D eigenvalue weighted by Gasteiger charge is 2.51. The Bertz CT molecular complexity index is 1370. The first kappa shape index (κ1) is 21.2. The molecule has 2 bridgehead atoms. The molecule has 8 nitrogen and oxygen atoms in total. The molecule has 34 heavy (non-hydrogen) atoms. The van der Waals surface area contributed by atoms with E-state index >= 15 is 0 Å². The lowest BCUT2D eigenvalue weighted by Crippen LogP contribution is -2.64. The number of rotatable bonds is 5. The summed E-state index contributed by atoms with van der Waals surface area (Å²) in [6.07, 6.45) is 5.21. The molecule has 2 atom stereocenters. The van der Waals surface area contributed by atoms with Crippen LogP contribution in [-0.4, -0.2) is 54.4 Å². The summed E-state index contributed by atoms with van der Waals surface area (Å²) in [5.41, 5.74) is 2.48. The van der Waals surface area contributed by atoms with Crippen LogP contribution in [0.2, 0.25) is 0 Å². The predicted molar refractivity (Wildman–Crippen MR) is 128 cm³/mol. The second-order valence-electron chi connectivity index (χ2n) is 9.18. The maximum atomic E-state index is 14.0. The van der Waals surface area contributed by atoms with Crippen molar-refractivity contribution in [3.05, 3.63) is 59.9 Å². The Hall–Kier alpha value is -3.40. The van der Waals surface area contributed by atoms with Crippen LogP contribution in [0.25, 0.3) is 15.9 Å². The summed E-state index contributed by atoms with van der Waals surface area (Å²) in [6.45, 7) is 4.67. The van der Waals surface area contributed by atoms with Crippen LogP contribution in [0.4, 0.5) is 9.52 Å². The predicted octanol–water partition coefficient (Wildman–Crippen LogP) is 4.07. The number of fused-ring (bicyclic) bond motifs is 3. The third-order valence-electron chi connectivity index (χ3n) is 7.15.